The molecule has 0 aliphatic heterocycles. The highest BCUT2D eigenvalue weighted by molar-refractivity contribution is 5.99. The Morgan fingerprint density at radius 1 is 1.17 bits per heavy atom. The summed E-state index contributed by atoms with van der Waals surface area (Å²) in [7, 11) is 0. The van der Waals surface area contributed by atoms with E-state index in [2.05, 4.69) is 11.9 Å². The lowest BCUT2D eigenvalue weighted by Crippen LogP contribution is -1.90. The topological polar surface area (TPSA) is 52.0 Å². The third-order valence-corrected chi connectivity index (χ3v) is 3.08. The van der Waals surface area contributed by atoms with Crippen molar-refractivity contribution in [3.63, 3.8) is 0 Å². The van der Waals surface area contributed by atoms with Gasteiger partial charge in [-0.1, -0.05) is 13.0 Å². The van der Waals surface area contributed by atoms with Crippen molar-refractivity contribution in [2.24, 2.45) is 0 Å². The molecule has 0 atom stereocenters. The van der Waals surface area contributed by atoms with Gasteiger partial charge in [0.25, 0.3) is 0 Å². The number of aryl methyl sites for hydroxylation is 1. The lowest BCUT2D eigenvalue weighted by Gasteiger charge is -2.05. The fourth-order valence-electron chi connectivity index (χ4n) is 2.12. The van der Waals surface area contributed by atoms with Gasteiger partial charge in [0, 0.05) is 23.6 Å². The molecule has 0 aliphatic carbocycles. The number of pyridine rings is 1. The SMILES string of the molecule is CCc1ccc(-c2ccc(N)c3ncccc23)o1. The first-order valence-electron chi connectivity index (χ1n) is 6.02. The van der Waals surface area contributed by atoms with Gasteiger partial charge in [0.15, 0.2) is 0 Å². The first kappa shape index (κ1) is 10.8. The van der Waals surface area contributed by atoms with Gasteiger partial charge in [0.2, 0.25) is 0 Å². The van der Waals surface area contributed by atoms with Crippen LogP contribution in [0.25, 0.3) is 22.2 Å². The average molecular weight is 238 g/mol. The molecule has 0 spiro atoms. The highest BCUT2D eigenvalue weighted by Gasteiger charge is 2.10. The Balaban J connectivity index is 2.26. The number of nitrogen functional groups attached to an aromatic ring is 1. The summed E-state index contributed by atoms with van der Waals surface area (Å²) >= 11 is 0. The molecule has 0 unspecified atom stereocenters. The van der Waals surface area contributed by atoms with Gasteiger partial charge in [-0.15, -0.1) is 0 Å². The number of anilines is 1. The van der Waals surface area contributed by atoms with Crippen molar-refractivity contribution >= 4 is 16.6 Å². The molecule has 2 heterocycles. The Hall–Kier alpha value is -2.29. The molecule has 3 aromatic rings. The Bertz CT molecular complexity index is 701. The van der Waals surface area contributed by atoms with Crippen molar-refractivity contribution in [2.75, 3.05) is 5.73 Å². The van der Waals surface area contributed by atoms with Crippen molar-refractivity contribution < 1.29 is 4.42 Å². The van der Waals surface area contributed by atoms with E-state index in [0.717, 1.165) is 34.4 Å². The summed E-state index contributed by atoms with van der Waals surface area (Å²) in [4.78, 5) is 4.33. The van der Waals surface area contributed by atoms with Gasteiger partial charge in [-0.05, 0) is 30.3 Å². The maximum absolute atomic E-state index is 5.94. The van der Waals surface area contributed by atoms with E-state index >= 15 is 0 Å². The normalized spacial score (nSPS) is 10.9. The number of rotatable bonds is 2. The molecule has 0 amide bonds. The highest BCUT2D eigenvalue weighted by Crippen LogP contribution is 2.31. The second-order valence-electron chi connectivity index (χ2n) is 4.22. The number of aromatic nitrogens is 1. The molecule has 2 aromatic heterocycles. The van der Waals surface area contributed by atoms with Gasteiger partial charge in [-0.3, -0.25) is 4.98 Å². The van der Waals surface area contributed by atoms with E-state index in [1.807, 2.05) is 36.4 Å². The highest BCUT2D eigenvalue weighted by atomic mass is 16.3. The predicted octanol–water partition coefficient (Wildman–Crippen LogP) is 3.64. The zero-order chi connectivity index (χ0) is 12.5. The van der Waals surface area contributed by atoms with E-state index < -0.39 is 0 Å². The number of nitrogens with zero attached hydrogens (tertiary/aromatic N) is 1. The molecule has 90 valence electrons. The van der Waals surface area contributed by atoms with E-state index in [4.69, 9.17) is 10.2 Å². The minimum Gasteiger partial charge on any atom is -0.461 e. The van der Waals surface area contributed by atoms with Crippen LogP contribution in [0.4, 0.5) is 5.69 Å². The quantitative estimate of drug-likeness (QED) is 0.693. The number of furan rings is 1. The first-order chi connectivity index (χ1) is 8.79. The summed E-state index contributed by atoms with van der Waals surface area (Å²) in [6, 6.07) is 11.8. The monoisotopic (exact) mass is 238 g/mol. The standard InChI is InChI=1S/C15H14N2O/c1-2-10-5-8-14(18-10)11-6-7-13(16)15-12(11)4-3-9-17-15/h3-9H,2,16H2,1H3. The van der Waals surface area contributed by atoms with E-state index in [0.29, 0.717) is 5.69 Å². The number of hydrogen-bond acceptors (Lipinski definition) is 3. The molecule has 0 fully saturated rings. The van der Waals surface area contributed by atoms with Crippen molar-refractivity contribution in [3.05, 3.63) is 48.4 Å². The fourth-order valence-corrected chi connectivity index (χ4v) is 2.12. The largest absolute Gasteiger partial charge is 0.461 e. The van der Waals surface area contributed by atoms with E-state index in [-0.39, 0.29) is 0 Å². The summed E-state index contributed by atoms with van der Waals surface area (Å²) in [5.74, 6) is 1.85. The number of benzene rings is 1. The summed E-state index contributed by atoms with van der Waals surface area (Å²) in [5, 5.41) is 1.02. The Labute approximate surface area is 105 Å². The van der Waals surface area contributed by atoms with Gasteiger partial charge >= 0.3 is 0 Å². The molecule has 0 saturated heterocycles. The zero-order valence-corrected chi connectivity index (χ0v) is 10.2. The van der Waals surface area contributed by atoms with Crippen LogP contribution >= 0.6 is 0 Å². The van der Waals surface area contributed by atoms with Crippen LogP contribution in [0.1, 0.15) is 12.7 Å². The van der Waals surface area contributed by atoms with Crippen LogP contribution in [0.15, 0.2) is 47.0 Å². The van der Waals surface area contributed by atoms with Crippen LogP contribution in [0.2, 0.25) is 0 Å². The van der Waals surface area contributed by atoms with Gasteiger partial charge in [0.1, 0.15) is 11.5 Å². The van der Waals surface area contributed by atoms with Crippen molar-refractivity contribution in [1.29, 1.82) is 0 Å². The van der Waals surface area contributed by atoms with E-state index in [1.54, 1.807) is 6.20 Å². The first-order valence-corrected chi connectivity index (χ1v) is 6.02. The number of fused-ring (bicyclic) bond motifs is 1. The average Bonchev–Trinajstić information content (AvgIpc) is 2.88. The van der Waals surface area contributed by atoms with Crippen LogP contribution in [0.3, 0.4) is 0 Å². The van der Waals surface area contributed by atoms with Crippen LogP contribution in [0, 0.1) is 0 Å². The smallest absolute Gasteiger partial charge is 0.134 e. The summed E-state index contributed by atoms with van der Waals surface area (Å²) < 4.78 is 5.80. The molecule has 2 N–H and O–H groups in total. The molecule has 0 radical (unpaired) electrons. The molecule has 18 heavy (non-hydrogen) atoms. The molecular weight excluding hydrogens is 224 g/mol. The minimum atomic E-state index is 0.691. The van der Waals surface area contributed by atoms with Crippen molar-refractivity contribution in [2.45, 2.75) is 13.3 Å². The molecule has 0 bridgehead atoms. The second kappa shape index (κ2) is 4.18. The Kier molecular flexibility index (Phi) is 2.52. The van der Waals surface area contributed by atoms with Gasteiger partial charge in [0.05, 0.1) is 11.2 Å². The lowest BCUT2D eigenvalue weighted by atomic mass is 10.1. The second-order valence-corrected chi connectivity index (χ2v) is 4.22. The number of hydrogen-bond donors (Lipinski definition) is 1. The van der Waals surface area contributed by atoms with Gasteiger partial charge < -0.3 is 10.2 Å². The molecule has 0 aliphatic rings. The molecule has 3 heteroatoms. The van der Waals surface area contributed by atoms with Crippen LogP contribution < -0.4 is 5.73 Å². The van der Waals surface area contributed by atoms with E-state index in [9.17, 15) is 0 Å². The summed E-state index contributed by atoms with van der Waals surface area (Å²) in [6.45, 7) is 2.07. The summed E-state index contributed by atoms with van der Waals surface area (Å²) in [6.07, 6.45) is 2.65. The maximum Gasteiger partial charge on any atom is 0.134 e. The number of nitrogens with two attached hydrogens (primary N) is 1. The predicted molar refractivity (Wildman–Crippen MR) is 73.2 cm³/mol. The molecule has 1 aromatic carbocycles. The third kappa shape index (κ3) is 1.64. The third-order valence-electron chi connectivity index (χ3n) is 3.08. The van der Waals surface area contributed by atoms with Crippen LogP contribution in [0.5, 0.6) is 0 Å². The molecule has 0 saturated carbocycles. The van der Waals surface area contributed by atoms with Crippen LogP contribution in [-0.4, -0.2) is 4.98 Å². The van der Waals surface area contributed by atoms with Crippen LogP contribution in [-0.2, 0) is 6.42 Å². The van der Waals surface area contributed by atoms with Gasteiger partial charge in [-0.2, -0.15) is 0 Å². The summed E-state index contributed by atoms with van der Waals surface area (Å²) in [5.41, 5.74) is 8.49. The van der Waals surface area contributed by atoms with E-state index in [1.165, 1.54) is 0 Å². The molecule has 3 rings (SSSR count). The van der Waals surface area contributed by atoms with Crippen molar-refractivity contribution in [3.8, 4) is 11.3 Å². The Morgan fingerprint density at radius 2 is 2.06 bits per heavy atom. The lowest BCUT2D eigenvalue weighted by molar-refractivity contribution is 0.530. The fraction of sp³-hybridized carbons (Fsp3) is 0.133. The van der Waals surface area contributed by atoms with Gasteiger partial charge in [-0.25, -0.2) is 0 Å². The molecular formula is C15H14N2O. The minimum absolute atomic E-state index is 0.691. The Morgan fingerprint density at radius 3 is 2.83 bits per heavy atom. The molecule has 3 nitrogen and oxygen atoms in total. The maximum atomic E-state index is 5.94. The van der Waals surface area contributed by atoms with Crippen molar-refractivity contribution in [1.82, 2.24) is 4.98 Å². The zero-order valence-electron chi connectivity index (χ0n) is 10.2.